The molecule has 10 heteroatoms. The molecule has 0 heterocycles. The van der Waals surface area contributed by atoms with E-state index in [1.54, 1.807) is 12.1 Å². The maximum atomic E-state index is 12.8. The molecule has 0 spiro atoms. The van der Waals surface area contributed by atoms with Crippen molar-refractivity contribution in [3.63, 3.8) is 0 Å². The molecule has 0 aliphatic carbocycles. The molecule has 0 bridgehead atoms. The van der Waals surface area contributed by atoms with Gasteiger partial charge in [0, 0.05) is 12.6 Å². The van der Waals surface area contributed by atoms with E-state index in [2.05, 4.69) is 10.6 Å². The van der Waals surface area contributed by atoms with Gasteiger partial charge in [-0.05, 0) is 43.2 Å². The van der Waals surface area contributed by atoms with Gasteiger partial charge in [-0.3, -0.25) is 14.9 Å². The number of anilines is 1. The number of halogens is 4. The molecule has 0 radical (unpaired) electrons. The highest BCUT2D eigenvalue weighted by molar-refractivity contribution is 5.85. The molecule has 2 N–H and O–H groups in total. The lowest BCUT2D eigenvalue weighted by Crippen LogP contribution is -2.38. The molecule has 2 aromatic carbocycles. The van der Waals surface area contributed by atoms with Crippen LogP contribution in [-0.4, -0.2) is 23.4 Å². The summed E-state index contributed by atoms with van der Waals surface area (Å²) < 4.78 is 51.0. The summed E-state index contributed by atoms with van der Waals surface area (Å²) in [7, 11) is 0. The Hall–Kier alpha value is -3.17. The molecule has 2 rings (SSSR count). The fourth-order valence-corrected chi connectivity index (χ4v) is 2.41. The second kappa shape index (κ2) is 8.68. The highest BCUT2D eigenvalue weighted by atomic mass is 19.4. The van der Waals surface area contributed by atoms with E-state index in [0.717, 1.165) is 11.6 Å². The smallest absolute Gasteiger partial charge is 0.368 e. The van der Waals surface area contributed by atoms with E-state index in [9.17, 15) is 32.5 Å². The van der Waals surface area contributed by atoms with Gasteiger partial charge in [0.25, 0.3) is 5.69 Å². The fraction of sp³-hybridized carbons (Fsp3) is 0.278. The molecule has 6 nitrogen and oxygen atoms in total. The van der Waals surface area contributed by atoms with Crippen molar-refractivity contribution in [3.05, 3.63) is 69.5 Å². The predicted octanol–water partition coefficient (Wildman–Crippen LogP) is 3.91. The Bertz CT molecular complexity index is 854. The molecular weight excluding hydrogens is 382 g/mol. The fourth-order valence-electron chi connectivity index (χ4n) is 2.41. The van der Waals surface area contributed by atoms with Gasteiger partial charge in [-0.2, -0.15) is 13.2 Å². The number of nitro groups is 1. The van der Waals surface area contributed by atoms with Crippen molar-refractivity contribution >= 4 is 17.3 Å². The number of hydrogen-bond acceptors (Lipinski definition) is 4. The molecule has 0 saturated carbocycles. The van der Waals surface area contributed by atoms with Crippen molar-refractivity contribution in [1.29, 1.82) is 0 Å². The Morgan fingerprint density at radius 2 is 1.82 bits per heavy atom. The zero-order valence-corrected chi connectivity index (χ0v) is 14.7. The van der Waals surface area contributed by atoms with Crippen molar-refractivity contribution in [1.82, 2.24) is 5.32 Å². The van der Waals surface area contributed by atoms with Gasteiger partial charge >= 0.3 is 6.18 Å². The van der Waals surface area contributed by atoms with E-state index in [1.165, 1.54) is 19.1 Å². The van der Waals surface area contributed by atoms with Crippen LogP contribution in [0.3, 0.4) is 0 Å². The van der Waals surface area contributed by atoms with Crippen LogP contribution in [0.15, 0.2) is 42.5 Å². The van der Waals surface area contributed by atoms with Gasteiger partial charge in [0.2, 0.25) is 5.91 Å². The number of benzene rings is 2. The van der Waals surface area contributed by atoms with Crippen LogP contribution in [0.1, 0.15) is 18.1 Å². The molecule has 0 unspecified atom stereocenters. The summed E-state index contributed by atoms with van der Waals surface area (Å²) >= 11 is 0. The van der Waals surface area contributed by atoms with Crippen molar-refractivity contribution in [2.75, 3.05) is 11.9 Å². The second-order valence-corrected chi connectivity index (χ2v) is 6.02. The minimum Gasteiger partial charge on any atom is -0.368 e. The van der Waals surface area contributed by atoms with E-state index in [0.29, 0.717) is 18.6 Å². The Morgan fingerprint density at radius 3 is 2.39 bits per heavy atom. The zero-order chi connectivity index (χ0) is 20.9. The summed E-state index contributed by atoms with van der Waals surface area (Å²) in [6.07, 6.45) is -4.27. The highest BCUT2D eigenvalue weighted by Crippen LogP contribution is 2.35. The normalized spacial score (nSPS) is 12.3. The van der Waals surface area contributed by atoms with Gasteiger partial charge < -0.3 is 10.6 Å². The van der Waals surface area contributed by atoms with Crippen molar-refractivity contribution in [2.24, 2.45) is 0 Å². The number of rotatable bonds is 7. The van der Waals surface area contributed by atoms with Crippen molar-refractivity contribution < 1.29 is 27.3 Å². The van der Waals surface area contributed by atoms with Gasteiger partial charge in [-0.1, -0.05) is 12.1 Å². The van der Waals surface area contributed by atoms with Crippen LogP contribution in [0, 0.1) is 15.9 Å². The number of alkyl halides is 3. The summed E-state index contributed by atoms with van der Waals surface area (Å²) in [5.74, 6) is -0.861. The average Bonchev–Trinajstić information content (AvgIpc) is 2.62. The van der Waals surface area contributed by atoms with E-state index in [4.69, 9.17) is 0 Å². The third kappa shape index (κ3) is 5.66. The Labute approximate surface area is 157 Å². The molecule has 0 fully saturated rings. The average molecular weight is 399 g/mol. The van der Waals surface area contributed by atoms with E-state index < -0.39 is 34.3 Å². The number of nitro benzene ring substituents is 1. The lowest BCUT2D eigenvalue weighted by Gasteiger charge is -2.16. The summed E-state index contributed by atoms with van der Waals surface area (Å²) in [4.78, 5) is 22.2. The first-order valence-electron chi connectivity index (χ1n) is 8.22. The van der Waals surface area contributed by atoms with Crippen LogP contribution in [0.25, 0.3) is 0 Å². The number of carbonyl (C=O) groups is 1. The quantitative estimate of drug-likeness (QED) is 0.420. The molecule has 0 aliphatic rings. The molecule has 1 atom stereocenters. The Morgan fingerprint density at radius 1 is 1.18 bits per heavy atom. The lowest BCUT2D eigenvalue weighted by molar-refractivity contribution is -0.384. The zero-order valence-electron chi connectivity index (χ0n) is 14.7. The van der Waals surface area contributed by atoms with Crippen LogP contribution >= 0.6 is 0 Å². The SMILES string of the molecule is C[C@H](Nc1ccc(C(F)(F)F)cc1[N+](=O)[O-])C(=O)NCCc1ccc(F)cc1. The van der Waals surface area contributed by atoms with Gasteiger partial charge in [-0.15, -0.1) is 0 Å². The molecule has 0 saturated heterocycles. The maximum absolute atomic E-state index is 12.8. The number of hydrogen-bond donors (Lipinski definition) is 2. The van der Waals surface area contributed by atoms with Crippen molar-refractivity contribution in [3.8, 4) is 0 Å². The van der Waals surface area contributed by atoms with Crippen LogP contribution < -0.4 is 10.6 Å². The number of nitrogens with one attached hydrogen (secondary N) is 2. The first-order chi connectivity index (χ1) is 13.1. The standard InChI is InChI=1S/C18H17F4N3O3/c1-11(17(26)23-9-8-12-2-5-14(19)6-3-12)24-15-7-4-13(18(20,21)22)10-16(15)25(27)28/h2-7,10-11,24H,8-9H2,1H3,(H,23,26)/t11-/m0/s1. The van der Waals surface area contributed by atoms with E-state index in [1.807, 2.05) is 0 Å². The maximum Gasteiger partial charge on any atom is 0.416 e. The molecule has 0 aromatic heterocycles. The Balaban J connectivity index is 1.99. The first kappa shape index (κ1) is 21.1. The van der Waals surface area contributed by atoms with E-state index in [-0.39, 0.29) is 18.0 Å². The third-order valence-electron chi connectivity index (χ3n) is 3.91. The molecule has 1 amide bonds. The van der Waals surface area contributed by atoms with Crippen LogP contribution in [0.5, 0.6) is 0 Å². The summed E-state index contributed by atoms with van der Waals surface area (Å²) in [6.45, 7) is 1.67. The predicted molar refractivity (Wildman–Crippen MR) is 94.3 cm³/mol. The lowest BCUT2D eigenvalue weighted by atomic mass is 10.1. The summed E-state index contributed by atoms with van der Waals surface area (Å²) in [5.41, 5.74) is -1.32. The summed E-state index contributed by atoms with van der Waals surface area (Å²) in [6, 6.07) is 6.86. The monoisotopic (exact) mass is 399 g/mol. The number of amides is 1. The van der Waals surface area contributed by atoms with E-state index >= 15 is 0 Å². The second-order valence-electron chi connectivity index (χ2n) is 6.02. The van der Waals surface area contributed by atoms with Crippen LogP contribution in [-0.2, 0) is 17.4 Å². The van der Waals surface area contributed by atoms with Gasteiger partial charge in [0.1, 0.15) is 17.5 Å². The third-order valence-corrected chi connectivity index (χ3v) is 3.91. The summed E-state index contributed by atoms with van der Waals surface area (Å²) in [5, 5.41) is 16.2. The van der Waals surface area contributed by atoms with Crippen molar-refractivity contribution in [2.45, 2.75) is 25.6 Å². The largest absolute Gasteiger partial charge is 0.416 e. The molecule has 2 aromatic rings. The minimum atomic E-state index is -4.72. The van der Waals surface area contributed by atoms with Gasteiger partial charge in [0.15, 0.2) is 0 Å². The number of nitrogens with zero attached hydrogens (tertiary/aromatic N) is 1. The van der Waals surface area contributed by atoms with Crippen LogP contribution in [0.4, 0.5) is 28.9 Å². The van der Waals surface area contributed by atoms with Gasteiger partial charge in [0.05, 0.1) is 10.5 Å². The number of carbonyl (C=O) groups excluding carboxylic acids is 1. The minimum absolute atomic E-state index is 0.195. The molecule has 0 aliphatic heterocycles. The van der Waals surface area contributed by atoms with Gasteiger partial charge in [-0.25, -0.2) is 4.39 Å². The molecule has 28 heavy (non-hydrogen) atoms. The molecular formula is C18H17F4N3O3. The first-order valence-corrected chi connectivity index (χ1v) is 8.22. The molecule has 150 valence electrons. The highest BCUT2D eigenvalue weighted by Gasteiger charge is 2.33. The van der Waals surface area contributed by atoms with Crippen LogP contribution in [0.2, 0.25) is 0 Å². The Kier molecular flexibility index (Phi) is 6.55. The topological polar surface area (TPSA) is 84.3 Å².